The fraction of sp³-hybridized carbons (Fsp3) is 0.800. The molecule has 2 rings (SSSR count). The van der Waals surface area contributed by atoms with E-state index < -0.39 is 0 Å². The molecule has 2 N–H and O–H groups in total. The van der Waals surface area contributed by atoms with E-state index in [4.69, 9.17) is 0 Å². The largest absolute Gasteiger partial charge is 0.347 e. The molecular formula is C10H17N3O2. The van der Waals surface area contributed by atoms with Gasteiger partial charge < -0.3 is 15.5 Å². The van der Waals surface area contributed by atoms with Gasteiger partial charge in [0, 0.05) is 33.1 Å². The number of amides is 2. The van der Waals surface area contributed by atoms with Crippen LogP contribution < -0.4 is 10.6 Å². The summed E-state index contributed by atoms with van der Waals surface area (Å²) < 4.78 is 0. The number of hydrogen-bond acceptors (Lipinski definition) is 3. The van der Waals surface area contributed by atoms with Crippen LogP contribution in [0.3, 0.4) is 0 Å². The molecule has 0 aromatic carbocycles. The zero-order valence-corrected chi connectivity index (χ0v) is 8.95. The Morgan fingerprint density at radius 3 is 2.47 bits per heavy atom. The SMILES string of the molecule is CC(=O)NCC(=O)N1CC2CNCC2C1. The molecule has 5 nitrogen and oxygen atoms in total. The molecule has 0 aliphatic carbocycles. The van der Waals surface area contributed by atoms with E-state index in [1.165, 1.54) is 6.92 Å². The molecule has 0 bridgehead atoms. The summed E-state index contributed by atoms with van der Waals surface area (Å²) in [6, 6.07) is 0. The van der Waals surface area contributed by atoms with Crippen LogP contribution in [-0.2, 0) is 9.59 Å². The van der Waals surface area contributed by atoms with Crippen LogP contribution in [0, 0.1) is 11.8 Å². The van der Waals surface area contributed by atoms with Gasteiger partial charge in [-0.2, -0.15) is 0 Å². The van der Waals surface area contributed by atoms with Crippen molar-refractivity contribution >= 4 is 11.8 Å². The average molecular weight is 211 g/mol. The predicted molar refractivity (Wildman–Crippen MR) is 55.1 cm³/mol. The Balaban J connectivity index is 1.80. The molecule has 15 heavy (non-hydrogen) atoms. The van der Waals surface area contributed by atoms with Crippen LogP contribution in [0.4, 0.5) is 0 Å². The molecule has 84 valence electrons. The lowest BCUT2D eigenvalue weighted by Crippen LogP contribution is -2.39. The van der Waals surface area contributed by atoms with Gasteiger partial charge in [0.15, 0.2) is 0 Å². The Hall–Kier alpha value is -1.10. The predicted octanol–water partition coefficient (Wildman–Crippen LogP) is -1.20. The molecular weight excluding hydrogens is 194 g/mol. The van der Waals surface area contributed by atoms with Crippen molar-refractivity contribution in [3.05, 3.63) is 0 Å². The fourth-order valence-electron chi connectivity index (χ4n) is 2.37. The van der Waals surface area contributed by atoms with Crippen LogP contribution in [0.15, 0.2) is 0 Å². The molecule has 2 saturated heterocycles. The molecule has 0 spiro atoms. The van der Waals surface area contributed by atoms with Gasteiger partial charge in [0.1, 0.15) is 0 Å². The van der Waals surface area contributed by atoms with Crippen molar-refractivity contribution in [2.75, 3.05) is 32.7 Å². The molecule has 2 unspecified atom stereocenters. The van der Waals surface area contributed by atoms with Crippen LogP contribution in [0.2, 0.25) is 0 Å². The highest BCUT2D eigenvalue weighted by atomic mass is 16.2. The lowest BCUT2D eigenvalue weighted by molar-refractivity contribution is -0.131. The summed E-state index contributed by atoms with van der Waals surface area (Å²) >= 11 is 0. The summed E-state index contributed by atoms with van der Waals surface area (Å²) in [5.41, 5.74) is 0. The molecule has 2 heterocycles. The second kappa shape index (κ2) is 4.18. The Kier molecular flexibility index (Phi) is 2.90. The van der Waals surface area contributed by atoms with Gasteiger partial charge in [0.05, 0.1) is 6.54 Å². The minimum Gasteiger partial charge on any atom is -0.347 e. The number of rotatable bonds is 2. The average Bonchev–Trinajstić information content (AvgIpc) is 2.72. The van der Waals surface area contributed by atoms with Gasteiger partial charge in [-0.25, -0.2) is 0 Å². The van der Waals surface area contributed by atoms with E-state index in [0.717, 1.165) is 26.2 Å². The minimum absolute atomic E-state index is 0.0413. The Labute approximate surface area is 89.2 Å². The Bertz CT molecular complexity index is 268. The van der Waals surface area contributed by atoms with E-state index in [2.05, 4.69) is 10.6 Å². The molecule has 2 aliphatic rings. The van der Waals surface area contributed by atoms with Crippen molar-refractivity contribution in [1.29, 1.82) is 0 Å². The lowest BCUT2D eigenvalue weighted by Gasteiger charge is -2.17. The quantitative estimate of drug-likeness (QED) is 0.603. The third-order valence-corrected chi connectivity index (χ3v) is 3.23. The van der Waals surface area contributed by atoms with E-state index in [1.807, 2.05) is 4.90 Å². The van der Waals surface area contributed by atoms with Crippen LogP contribution in [0.5, 0.6) is 0 Å². The number of nitrogens with zero attached hydrogens (tertiary/aromatic N) is 1. The molecule has 2 amide bonds. The van der Waals surface area contributed by atoms with E-state index in [-0.39, 0.29) is 18.4 Å². The number of carbonyl (C=O) groups excluding carboxylic acids is 2. The van der Waals surface area contributed by atoms with Gasteiger partial charge in [0.2, 0.25) is 11.8 Å². The monoisotopic (exact) mass is 211 g/mol. The smallest absolute Gasteiger partial charge is 0.241 e. The molecule has 2 aliphatic heterocycles. The fourth-order valence-corrected chi connectivity index (χ4v) is 2.37. The topological polar surface area (TPSA) is 61.4 Å². The van der Waals surface area contributed by atoms with Crippen molar-refractivity contribution in [1.82, 2.24) is 15.5 Å². The highest BCUT2D eigenvalue weighted by Crippen LogP contribution is 2.25. The molecule has 5 heteroatoms. The standard InChI is InChI=1S/C10H17N3O2/c1-7(14)12-4-10(15)13-5-8-2-11-3-9(8)6-13/h8-9,11H,2-6H2,1H3,(H,12,14). The number of nitrogens with one attached hydrogen (secondary N) is 2. The lowest BCUT2D eigenvalue weighted by atomic mass is 10.0. The summed E-state index contributed by atoms with van der Waals surface area (Å²) in [7, 11) is 0. The Morgan fingerprint density at radius 2 is 1.93 bits per heavy atom. The second-order valence-electron chi connectivity index (χ2n) is 4.39. The van der Waals surface area contributed by atoms with Crippen LogP contribution in [0.1, 0.15) is 6.92 Å². The van der Waals surface area contributed by atoms with Crippen molar-refractivity contribution in [2.45, 2.75) is 6.92 Å². The number of hydrogen-bond donors (Lipinski definition) is 2. The maximum Gasteiger partial charge on any atom is 0.241 e. The third-order valence-electron chi connectivity index (χ3n) is 3.23. The summed E-state index contributed by atoms with van der Waals surface area (Å²) in [5.74, 6) is 1.13. The summed E-state index contributed by atoms with van der Waals surface area (Å²) in [5, 5.41) is 5.87. The number of carbonyl (C=O) groups is 2. The second-order valence-corrected chi connectivity index (χ2v) is 4.39. The highest BCUT2D eigenvalue weighted by molar-refractivity contribution is 5.83. The minimum atomic E-state index is -0.149. The first-order valence-corrected chi connectivity index (χ1v) is 5.39. The van der Waals surface area contributed by atoms with Crippen LogP contribution in [0.25, 0.3) is 0 Å². The zero-order valence-electron chi connectivity index (χ0n) is 8.95. The molecule has 0 aromatic heterocycles. The molecule has 0 saturated carbocycles. The summed E-state index contributed by atoms with van der Waals surface area (Å²) in [6.07, 6.45) is 0. The summed E-state index contributed by atoms with van der Waals surface area (Å²) in [4.78, 5) is 24.2. The molecule has 2 fully saturated rings. The molecule has 2 atom stereocenters. The highest BCUT2D eigenvalue weighted by Gasteiger charge is 2.37. The van der Waals surface area contributed by atoms with Crippen molar-refractivity contribution in [2.24, 2.45) is 11.8 Å². The van der Waals surface area contributed by atoms with Crippen molar-refractivity contribution in [3.8, 4) is 0 Å². The van der Waals surface area contributed by atoms with Gasteiger partial charge in [-0.15, -0.1) is 0 Å². The zero-order chi connectivity index (χ0) is 10.8. The maximum absolute atomic E-state index is 11.7. The molecule has 0 radical (unpaired) electrons. The molecule has 0 aromatic rings. The van der Waals surface area contributed by atoms with E-state index in [0.29, 0.717) is 11.8 Å². The Morgan fingerprint density at radius 1 is 1.33 bits per heavy atom. The van der Waals surface area contributed by atoms with Crippen LogP contribution >= 0.6 is 0 Å². The first-order valence-electron chi connectivity index (χ1n) is 5.39. The first-order chi connectivity index (χ1) is 7.16. The van der Waals surface area contributed by atoms with E-state index in [9.17, 15) is 9.59 Å². The van der Waals surface area contributed by atoms with E-state index >= 15 is 0 Å². The number of likely N-dealkylation sites (tertiary alicyclic amines) is 1. The first kappa shape index (κ1) is 10.4. The maximum atomic E-state index is 11.7. The summed E-state index contributed by atoms with van der Waals surface area (Å²) in [6.45, 7) is 5.30. The van der Waals surface area contributed by atoms with Crippen molar-refractivity contribution < 1.29 is 9.59 Å². The van der Waals surface area contributed by atoms with Gasteiger partial charge in [-0.1, -0.05) is 0 Å². The van der Waals surface area contributed by atoms with Gasteiger partial charge in [0.25, 0.3) is 0 Å². The third kappa shape index (κ3) is 2.28. The van der Waals surface area contributed by atoms with Gasteiger partial charge >= 0.3 is 0 Å². The number of fused-ring (bicyclic) bond motifs is 1. The van der Waals surface area contributed by atoms with Crippen LogP contribution in [-0.4, -0.2) is 49.4 Å². The van der Waals surface area contributed by atoms with Crippen molar-refractivity contribution in [3.63, 3.8) is 0 Å². The van der Waals surface area contributed by atoms with E-state index in [1.54, 1.807) is 0 Å². The van der Waals surface area contributed by atoms with Gasteiger partial charge in [-0.05, 0) is 11.8 Å². The normalized spacial score (nSPS) is 29.0. The van der Waals surface area contributed by atoms with Gasteiger partial charge in [-0.3, -0.25) is 9.59 Å².